The average molecular weight is 274 g/mol. The number of hydrogen-bond donors (Lipinski definition) is 1. The molecule has 0 aromatic carbocycles. The van der Waals surface area contributed by atoms with Crippen LogP contribution >= 0.6 is 0 Å². The lowest BCUT2D eigenvalue weighted by Crippen LogP contribution is -2.35. The zero-order valence-corrected chi connectivity index (χ0v) is 12.6. The maximum atomic E-state index is 5.67. The van der Waals surface area contributed by atoms with Gasteiger partial charge in [-0.05, 0) is 51.5 Å². The molecule has 0 aliphatic carbocycles. The second kappa shape index (κ2) is 6.09. The summed E-state index contributed by atoms with van der Waals surface area (Å²) >= 11 is 0. The van der Waals surface area contributed by atoms with E-state index in [4.69, 9.17) is 9.15 Å². The number of rotatable bonds is 5. The van der Waals surface area contributed by atoms with Crippen LogP contribution in [-0.2, 0) is 13.2 Å². The molecule has 0 aliphatic rings. The van der Waals surface area contributed by atoms with E-state index < -0.39 is 0 Å². The van der Waals surface area contributed by atoms with Gasteiger partial charge in [-0.15, -0.1) is 0 Å². The van der Waals surface area contributed by atoms with Crippen molar-refractivity contribution in [1.82, 2.24) is 10.3 Å². The van der Waals surface area contributed by atoms with Crippen molar-refractivity contribution in [2.24, 2.45) is 0 Å². The third-order valence-electron chi connectivity index (χ3n) is 2.75. The lowest BCUT2D eigenvalue weighted by atomic mass is 10.1. The van der Waals surface area contributed by atoms with Crippen LogP contribution in [0.2, 0.25) is 0 Å². The van der Waals surface area contributed by atoms with Gasteiger partial charge in [-0.25, -0.2) is 4.98 Å². The highest BCUT2D eigenvalue weighted by molar-refractivity contribution is 5.25. The Morgan fingerprint density at radius 1 is 1.30 bits per heavy atom. The first-order valence-corrected chi connectivity index (χ1v) is 6.80. The van der Waals surface area contributed by atoms with Crippen LogP contribution in [0.3, 0.4) is 0 Å². The fraction of sp³-hybridized carbons (Fsp3) is 0.438. The predicted molar refractivity (Wildman–Crippen MR) is 78.6 cm³/mol. The molecule has 0 saturated heterocycles. The molecule has 0 fully saturated rings. The lowest BCUT2D eigenvalue weighted by Gasteiger charge is -2.20. The third kappa shape index (κ3) is 4.70. The second-order valence-electron chi connectivity index (χ2n) is 5.93. The molecule has 2 aromatic rings. The summed E-state index contributed by atoms with van der Waals surface area (Å²) in [4.78, 5) is 4.39. The molecule has 20 heavy (non-hydrogen) atoms. The number of aryl methyl sites for hydroxylation is 1. The Bertz CT molecular complexity index is 542. The van der Waals surface area contributed by atoms with E-state index in [1.807, 2.05) is 25.1 Å². The average Bonchev–Trinajstić information content (AvgIpc) is 2.86. The van der Waals surface area contributed by atoms with Crippen LogP contribution in [0.1, 0.15) is 37.8 Å². The van der Waals surface area contributed by atoms with E-state index in [0.717, 1.165) is 18.0 Å². The van der Waals surface area contributed by atoms with Crippen molar-refractivity contribution in [2.45, 2.75) is 46.4 Å². The van der Waals surface area contributed by atoms with E-state index in [-0.39, 0.29) is 5.54 Å². The predicted octanol–water partition coefficient (Wildman–Crippen LogP) is 3.45. The number of nitrogens with one attached hydrogen (secondary N) is 1. The Morgan fingerprint density at radius 2 is 2.10 bits per heavy atom. The van der Waals surface area contributed by atoms with Gasteiger partial charge in [0.2, 0.25) is 5.88 Å². The van der Waals surface area contributed by atoms with E-state index in [1.54, 1.807) is 6.26 Å². The Labute approximate surface area is 120 Å². The molecule has 0 saturated carbocycles. The number of hydrogen-bond acceptors (Lipinski definition) is 4. The minimum Gasteiger partial charge on any atom is -0.469 e. The number of pyridine rings is 1. The number of ether oxygens (including phenoxy) is 1. The molecule has 108 valence electrons. The Hall–Kier alpha value is -1.81. The Kier molecular flexibility index (Phi) is 4.45. The summed E-state index contributed by atoms with van der Waals surface area (Å²) < 4.78 is 10.9. The van der Waals surface area contributed by atoms with E-state index in [0.29, 0.717) is 12.5 Å². The highest BCUT2D eigenvalue weighted by Crippen LogP contribution is 2.15. The first kappa shape index (κ1) is 14.6. The summed E-state index contributed by atoms with van der Waals surface area (Å²) in [5.41, 5.74) is 2.21. The monoisotopic (exact) mass is 274 g/mol. The Balaban J connectivity index is 2.00. The smallest absolute Gasteiger partial charge is 0.214 e. The molecular formula is C16H22N2O2. The topological polar surface area (TPSA) is 47.3 Å². The molecule has 0 amide bonds. The molecule has 1 N–H and O–H groups in total. The molecule has 0 aliphatic heterocycles. The molecule has 4 heteroatoms. The number of aromatic nitrogens is 1. The van der Waals surface area contributed by atoms with Gasteiger partial charge in [-0.1, -0.05) is 0 Å². The molecule has 2 aromatic heterocycles. The zero-order valence-electron chi connectivity index (χ0n) is 12.6. The molecule has 2 rings (SSSR count). The highest BCUT2D eigenvalue weighted by atomic mass is 16.5. The molecule has 2 heterocycles. The van der Waals surface area contributed by atoms with Gasteiger partial charge in [0.05, 0.1) is 6.26 Å². The van der Waals surface area contributed by atoms with Crippen LogP contribution < -0.4 is 10.1 Å². The standard InChI is InChI=1S/C16H22N2O2/c1-12-8-13(10-17-16(2,3)4)9-15(18-12)20-11-14-6-5-7-19-14/h5-9,17H,10-11H2,1-4H3. The number of furan rings is 1. The quantitative estimate of drug-likeness (QED) is 0.907. The summed E-state index contributed by atoms with van der Waals surface area (Å²) in [5.74, 6) is 1.43. The highest BCUT2D eigenvalue weighted by Gasteiger charge is 2.09. The third-order valence-corrected chi connectivity index (χ3v) is 2.75. The molecule has 0 radical (unpaired) electrons. The van der Waals surface area contributed by atoms with E-state index in [2.05, 4.69) is 37.1 Å². The molecule has 4 nitrogen and oxygen atoms in total. The van der Waals surface area contributed by atoms with Gasteiger partial charge in [0, 0.05) is 23.8 Å². The van der Waals surface area contributed by atoms with E-state index in [1.165, 1.54) is 5.56 Å². The van der Waals surface area contributed by atoms with Crippen molar-refractivity contribution in [3.63, 3.8) is 0 Å². The first-order chi connectivity index (χ1) is 9.42. The van der Waals surface area contributed by atoms with Crippen LogP contribution in [0.4, 0.5) is 0 Å². The van der Waals surface area contributed by atoms with Crippen molar-refractivity contribution in [2.75, 3.05) is 0 Å². The summed E-state index contributed by atoms with van der Waals surface area (Å²) in [5, 5.41) is 3.46. The largest absolute Gasteiger partial charge is 0.469 e. The minimum absolute atomic E-state index is 0.0896. The van der Waals surface area contributed by atoms with Crippen molar-refractivity contribution in [3.05, 3.63) is 47.5 Å². The second-order valence-corrected chi connectivity index (χ2v) is 5.93. The van der Waals surface area contributed by atoms with Crippen LogP contribution in [-0.4, -0.2) is 10.5 Å². The van der Waals surface area contributed by atoms with Gasteiger partial charge >= 0.3 is 0 Å². The summed E-state index contributed by atoms with van der Waals surface area (Å²) in [7, 11) is 0. The van der Waals surface area contributed by atoms with Crippen molar-refractivity contribution in [1.29, 1.82) is 0 Å². The van der Waals surface area contributed by atoms with Gasteiger partial charge in [0.15, 0.2) is 0 Å². The fourth-order valence-electron chi connectivity index (χ4n) is 1.79. The molecule has 0 bridgehead atoms. The summed E-state index contributed by atoms with van der Waals surface area (Å²) in [6.07, 6.45) is 1.64. The van der Waals surface area contributed by atoms with Gasteiger partial charge < -0.3 is 14.5 Å². The maximum Gasteiger partial charge on any atom is 0.214 e. The fourth-order valence-corrected chi connectivity index (χ4v) is 1.79. The van der Waals surface area contributed by atoms with Crippen LogP contribution in [0, 0.1) is 6.92 Å². The number of nitrogens with zero attached hydrogens (tertiary/aromatic N) is 1. The maximum absolute atomic E-state index is 5.67. The van der Waals surface area contributed by atoms with Crippen LogP contribution in [0.15, 0.2) is 34.9 Å². The van der Waals surface area contributed by atoms with Gasteiger partial charge in [-0.2, -0.15) is 0 Å². The Morgan fingerprint density at radius 3 is 2.75 bits per heavy atom. The van der Waals surface area contributed by atoms with Crippen molar-refractivity contribution in [3.8, 4) is 5.88 Å². The van der Waals surface area contributed by atoms with E-state index in [9.17, 15) is 0 Å². The lowest BCUT2D eigenvalue weighted by molar-refractivity contribution is 0.259. The summed E-state index contributed by atoms with van der Waals surface area (Å²) in [6.45, 7) is 9.61. The zero-order chi connectivity index (χ0) is 14.6. The SMILES string of the molecule is Cc1cc(CNC(C)(C)C)cc(OCc2ccco2)n1. The van der Waals surface area contributed by atoms with Gasteiger partial charge in [0.25, 0.3) is 0 Å². The van der Waals surface area contributed by atoms with Crippen molar-refractivity contribution >= 4 is 0 Å². The van der Waals surface area contributed by atoms with Gasteiger partial charge in [-0.3, -0.25) is 0 Å². The molecule has 0 atom stereocenters. The summed E-state index contributed by atoms with van der Waals surface area (Å²) in [6, 6.07) is 7.77. The molecule has 0 spiro atoms. The van der Waals surface area contributed by atoms with Crippen LogP contribution in [0.25, 0.3) is 0 Å². The van der Waals surface area contributed by atoms with E-state index >= 15 is 0 Å². The van der Waals surface area contributed by atoms with Gasteiger partial charge in [0.1, 0.15) is 12.4 Å². The first-order valence-electron chi connectivity index (χ1n) is 6.80. The minimum atomic E-state index is 0.0896. The molecule has 0 unspecified atom stereocenters. The van der Waals surface area contributed by atoms with Crippen LogP contribution in [0.5, 0.6) is 5.88 Å². The van der Waals surface area contributed by atoms with Crippen molar-refractivity contribution < 1.29 is 9.15 Å². The normalized spacial score (nSPS) is 11.6. The molecular weight excluding hydrogens is 252 g/mol.